The van der Waals surface area contributed by atoms with Crippen LogP contribution in [0.25, 0.3) is 16.7 Å². The summed E-state index contributed by atoms with van der Waals surface area (Å²) in [6, 6.07) is 8.44. The van der Waals surface area contributed by atoms with Gasteiger partial charge in [0, 0.05) is 18.1 Å². The molecule has 3 heterocycles. The van der Waals surface area contributed by atoms with Gasteiger partial charge in [0.15, 0.2) is 5.65 Å². The van der Waals surface area contributed by atoms with Gasteiger partial charge in [-0.1, -0.05) is 12.1 Å². The van der Waals surface area contributed by atoms with Crippen molar-refractivity contribution in [3.8, 4) is 5.69 Å². The Labute approximate surface area is 158 Å². The third-order valence-corrected chi connectivity index (χ3v) is 4.53. The summed E-state index contributed by atoms with van der Waals surface area (Å²) >= 11 is 0. The molecule has 0 saturated carbocycles. The minimum absolute atomic E-state index is 0.0737. The van der Waals surface area contributed by atoms with Gasteiger partial charge in [0.2, 0.25) is 0 Å². The molecular weight excluding hydrogens is 338 g/mol. The van der Waals surface area contributed by atoms with Crippen LogP contribution in [0.5, 0.6) is 0 Å². The molecule has 3 aromatic heterocycles. The van der Waals surface area contributed by atoms with Crippen LogP contribution in [-0.2, 0) is 5.54 Å². The lowest BCUT2D eigenvalue weighted by atomic mass is 10.1. The zero-order chi connectivity index (χ0) is 19.0. The van der Waals surface area contributed by atoms with Crippen LogP contribution in [-0.4, -0.2) is 29.3 Å². The lowest BCUT2D eigenvalue weighted by molar-refractivity contribution is 0.366. The zero-order valence-corrected chi connectivity index (χ0v) is 16.0. The molecule has 0 spiro atoms. The highest BCUT2D eigenvalue weighted by Gasteiger charge is 2.20. The van der Waals surface area contributed by atoms with E-state index in [9.17, 15) is 0 Å². The number of benzene rings is 1. The molecule has 4 rings (SSSR count). The second kappa shape index (κ2) is 6.50. The van der Waals surface area contributed by atoms with E-state index in [0.29, 0.717) is 0 Å². The molecule has 0 aliphatic heterocycles. The number of hydrogen-bond donors (Lipinski definition) is 1. The molecule has 1 unspecified atom stereocenters. The normalized spacial score (nSPS) is 13.0. The van der Waals surface area contributed by atoms with Crippen molar-refractivity contribution in [1.29, 1.82) is 0 Å². The number of anilines is 1. The molecule has 1 aromatic carbocycles. The first-order chi connectivity index (χ1) is 12.9. The Hall–Kier alpha value is -3.22. The van der Waals surface area contributed by atoms with Crippen molar-refractivity contribution >= 4 is 16.9 Å². The summed E-state index contributed by atoms with van der Waals surface area (Å²) in [5.41, 5.74) is 2.93. The van der Waals surface area contributed by atoms with Crippen LogP contribution in [0.15, 0.2) is 55.5 Å². The van der Waals surface area contributed by atoms with Crippen molar-refractivity contribution in [3.05, 3.63) is 61.1 Å². The lowest BCUT2D eigenvalue weighted by Gasteiger charge is -2.20. The summed E-state index contributed by atoms with van der Waals surface area (Å²) in [6.07, 6.45) is 8.93. The highest BCUT2D eigenvalue weighted by molar-refractivity contribution is 5.86. The van der Waals surface area contributed by atoms with Crippen LogP contribution in [0.2, 0.25) is 0 Å². The predicted molar refractivity (Wildman–Crippen MR) is 106 cm³/mol. The van der Waals surface area contributed by atoms with Crippen molar-refractivity contribution in [2.24, 2.45) is 0 Å². The summed E-state index contributed by atoms with van der Waals surface area (Å²) in [6.45, 7) is 8.45. The van der Waals surface area contributed by atoms with Crippen LogP contribution in [0.1, 0.15) is 39.3 Å². The van der Waals surface area contributed by atoms with Gasteiger partial charge in [0.1, 0.15) is 12.1 Å². The number of imidazole rings is 1. The highest BCUT2D eigenvalue weighted by atomic mass is 15.3. The van der Waals surface area contributed by atoms with Crippen LogP contribution < -0.4 is 5.32 Å². The molecule has 7 heteroatoms. The quantitative estimate of drug-likeness (QED) is 0.596. The Kier molecular flexibility index (Phi) is 4.14. The maximum atomic E-state index is 4.52. The molecule has 0 radical (unpaired) electrons. The standard InChI is InChI=1S/C20H23N7/c1-14(15-6-5-7-16(10-15)26-9-8-21-13-26)25-18-17-11-24-27(20(2,3)4)19(17)23-12-22-18/h5-14H,1-4H3,(H,22,23,25). The molecular formula is C20H23N7. The van der Waals surface area contributed by atoms with Crippen molar-refractivity contribution < 1.29 is 0 Å². The smallest absolute Gasteiger partial charge is 0.163 e. The fraction of sp³-hybridized carbons (Fsp3) is 0.300. The monoisotopic (exact) mass is 361 g/mol. The molecule has 0 aliphatic rings. The first kappa shape index (κ1) is 17.2. The number of aromatic nitrogens is 6. The van der Waals surface area contributed by atoms with Gasteiger partial charge in [-0.3, -0.25) is 0 Å². The second-order valence-corrected chi connectivity index (χ2v) is 7.62. The molecule has 1 atom stereocenters. The van der Waals surface area contributed by atoms with Gasteiger partial charge in [0.05, 0.1) is 29.5 Å². The van der Waals surface area contributed by atoms with Gasteiger partial charge in [-0.25, -0.2) is 19.6 Å². The fourth-order valence-corrected chi connectivity index (χ4v) is 3.11. The van der Waals surface area contributed by atoms with E-state index in [-0.39, 0.29) is 11.6 Å². The van der Waals surface area contributed by atoms with Crippen molar-refractivity contribution in [3.63, 3.8) is 0 Å². The Morgan fingerprint density at radius 1 is 1.15 bits per heavy atom. The van der Waals surface area contributed by atoms with E-state index < -0.39 is 0 Å². The number of fused-ring (bicyclic) bond motifs is 1. The van der Waals surface area contributed by atoms with E-state index in [4.69, 9.17) is 0 Å². The first-order valence-corrected chi connectivity index (χ1v) is 8.97. The third-order valence-electron chi connectivity index (χ3n) is 4.53. The van der Waals surface area contributed by atoms with E-state index >= 15 is 0 Å². The third kappa shape index (κ3) is 3.28. The van der Waals surface area contributed by atoms with Crippen LogP contribution >= 0.6 is 0 Å². The average molecular weight is 361 g/mol. The van der Waals surface area contributed by atoms with Gasteiger partial charge >= 0.3 is 0 Å². The molecule has 0 saturated heterocycles. The van der Waals surface area contributed by atoms with E-state index in [2.05, 4.69) is 77.3 Å². The summed E-state index contributed by atoms with van der Waals surface area (Å²) in [5.74, 6) is 0.788. The van der Waals surface area contributed by atoms with Gasteiger partial charge in [0.25, 0.3) is 0 Å². The Balaban J connectivity index is 1.65. The minimum atomic E-state index is -0.141. The van der Waals surface area contributed by atoms with E-state index in [0.717, 1.165) is 28.1 Å². The van der Waals surface area contributed by atoms with E-state index in [1.807, 2.05) is 21.6 Å². The number of hydrogen-bond acceptors (Lipinski definition) is 5. The topological polar surface area (TPSA) is 73.5 Å². The van der Waals surface area contributed by atoms with E-state index in [1.54, 1.807) is 18.9 Å². The molecule has 0 aliphatic carbocycles. The van der Waals surface area contributed by atoms with Gasteiger partial charge < -0.3 is 9.88 Å². The Morgan fingerprint density at radius 2 is 2.00 bits per heavy atom. The van der Waals surface area contributed by atoms with Crippen molar-refractivity contribution in [2.75, 3.05) is 5.32 Å². The number of rotatable bonds is 4. The largest absolute Gasteiger partial charge is 0.363 e. The summed E-state index contributed by atoms with van der Waals surface area (Å²) in [4.78, 5) is 13.0. The minimum Gasteiger partial charge on any atom is -0.363 e. The SMILES string of the molecule is CC(Nc1ncnc2c1cnn2C(C)(C)C)c1cccc(-n2ccnc2)c1. The average Bonchev–Trinajstić information content (AvgIpc) is 3.31. The molecule has 0 amide bonds. The van der Waals surface area contributed by atoms with Crippen molar-refractivity contribution in [2.45, 2.75) is 39.3 Å². The molecule has 1 N–H and O–H groups in total. The van der Waals surface area contributed by atoms with Crippen molar-refractivity contribution in [1.82, 2.24) is 29.3 Å². The Morgan fingerprint density at radius 3 is 2.74 bits per heavy atom. The predicted octanol–water partition coefficient (Wildman–Crippen LogP) is 3.94. The van der Waals surface area contributed by atoms with Gasteiger partial charge in [-0.2, -0.15) is 5.10 Å². The van der Waals surface area contributed by atoms with Crippen LogP contribution in [0.3, 0.4) is 0 Å². The molecule has 4 aromatic rings. The summed E-state index contributed by atoms with van der Waals surface area (Å²) < 4.78 is 3.92. The van der Waals surface area contributed by atoms with E-state index in [1.165, 1.54) is 0 Å². The summed E-state index contributed by atoms with van der Waals surface area (Å²) in [7, 11) is 0. The Bertz CT molecular complexity index is 1060. The lowest BCUT2D eigenvalue weighted by Crippen LogP contribution is -2.23. The number of nitrogens with one attached hydrogen (secondary N) is 1. The molecule has 0 bridgehead atoms. The fourth-order valence-electron chi connectivity index (χ4n) is 3.11. The van der Waals surface area contributed by atoms with Crippen LogP contribution in [0, 0.1) is 0 Å². The molecule has 27 heavy (non-hydrogen) atoms. The number of nitrogens with zero attached hydrogens (tertiary/aromatic N) is 6. The van der Waals surface area contributed by atoms with Gasteiger partial charge in [-0.15, -0.1) is 0 Å². The maximum absolute atomic E-state index is 4.52. The molecule has 0 fully saturated rings. The second-order valence-electron chi connectivity index (χ2n) is 7.62. The molecule has 7 nitrogen and oxygen atoms in total. The summed E-state index contributed by atoms with van der Waals surface area (Å²) in [5, 5.41) is 8.95. The maximum Gasteiger partial charge on any atom is 0.163 e. The van der Waals surface area contributed by atoms with Gasteiger partial charge in [-0.05, 0) is 45.4 Å². The molecule has 138 valence electrons. The zero-order valence-electron chi connectivity index (χ0n) is 16.0. The highest BCUT2D eigenvalue weighted by Crippen LogP contribution is 2.27. The first-order valence-electron chi connectivity index (χ1n) is 8.97. The van der Waals surface area contributed by atoms with Crippen LogP contribution in [0.4, 0.5) is 5.82 Å².